The van der Waals surface area contributed by atoms with Gasteiger partial charge in [0.15, 0.2) is 0 Å². The number of pyridine rings is 2. The smallest absolute Gasteiger partial charge is 0.264 e. The second-order valence-electron chi connectivity index (χ2n) is 5.57. The van der Waals surface area contributed by atoms with E-state index in [1.54, 1.807) is 42.9 Å². The quantitative estimate of drug-likeness (QED) is 0.718. The Morgan fingerprint density at radius 1 is 0.963 bits per heavy atom. The lowest BCUT2D eigenvalue weighted by molar-refractivity contribution is -0.139. The molecular weight excluding hydrogens is 379 g/mol. The van der Waals surface area contributed by atoms with Gasteiger partial charge in [-0.3, -0.25) is 9.97 Å². The van der Waals surface area contributed by atoms with Crippen LogP contribution in [-0.4, -0.2) is 18.4 Å². The molecule has 0 atom stereocenters. The van der Waals surface area contributed by atoms with Crippen molar-refractivity contribution in [3.05, 3.63) is 78.2 Å². The van der Waals surface area contributed by atoms with Crippen LogP contribution in [0.4, 0.5) is 13.2 Å². The summed E-state index contributed by atoms with van der Waals surface area (Å²) in [6.07, 6.45) is -0.0814. The molecule has 2 aromatic heterocycles. The average Bonchev–Trinajstić information content (AvgIpc) is 2.67. The first-order valence-corrected chi connectivity index (χ1v) is 9.27. The summed E-state index contributed by atoms with van der Waals surface area (Å²) in [6.45, 7) is -0.216. The van der Waals surface area contributed by atoms with E-state index in [0.29, 0.717) is 16.8 Å². The second kappa shape index (κ2) is 7.45. The zero-order chi connectivity index (χ0) is 19.5. The zero-order valence-corrected chi connectivity index (χ0v) is 14.6. The Kier molecular flexibility index (Phi) is 5.24. The molecule has 0 amide bonds. The van der Waals surface area contributed by atoms with Gasteiger partial charge < -0.3 is 0 Å². The van der Waals surface area contributed by atoms with Gasteiger partial charge in [0.05, 0.1) is 16.2 Å². The topological polar surface area (TPSA) is 72.0 Å². The van der Waals surface area contributed by atoms with Crippen LogP contribution in [0.2, 0.25) is 0 Å². The molecule has 9 heteroatoms. The molecule has 0 unspecified atom stereocenters. The summed E-state index contributed by atoms with van der Waals surface area (Å²) in [5.41, 5.74) is 0.468. The SMILES string of the molecule is O=S(=O)(NCc1cccnc1-c1cccnc1)c1ccccc1C(F)(F)F. The third-order valence-electron chi connectivity index (χ3n) is 3.76. The van der Waals surface area contributed by atoms with Gasteiger partial charge in [0.25, 0.3) is 0 Å². The minimum Gasteiger partial charge on any atom is -0.264 e. The molecular formula is C18H14F3N3O2S. The first-order chi connectivity index (χ1) is 12.8. The van der Waals surface area contributed by atoms with E-state index < -0.39 is 26.7 Å². The van der Waals surface area contributed by atoms with E-state index >= 15 is 0 Å². The number of sulfonamides is 1. The molecule has 0 aliphatic rings. The Morgan fingerprint density at radius 3 is 2.41 bits per heavy atom. The Balaban J connectivity index is 1.91. The Hall–Kier alpha value is -2.78. The van der Waals surface area contributed by atoms with Gasteiger partial charge >= 0.3 is 6.18 Å². The van der Waals surface area contributed by atoms with Gasteiger partial charge in [-0.2, -0.15) is 13.2 Å². The molecule has 140 valence electrons. The molecule has 0 aliphatic carbocycles. The molecule has 0 spiro atoms. The number of alkyl halides is 3. The van der Waals surface area contributed by atoms with E-state index in [-0.39, 0.29) is 6.54 Å². The maximum Gasteiger partial charge on any atom is 0.417 e. The number of benzene rings is 1. The van der Waals surface area contributed by atoms with Crippen molar-refractivity contribution in [1.29, 1.82) is 0 Å². The summed E-state index contributed by atoms with van der Waals surface area (Å²) in [6, 6.07) is 10.8. The molecule has 0 radical (unpaired) electrons. The highest BCUT2D eigenvalue weighted by Crippen LogP contribution is 2.34. The highest BCUT2D eigenvalue weighted by atomic mass is 32.2. The van der Waals surface area contributed by atoms with Crippen LogP contribution in [0.25, 0.3) is 11.3 Å². The zero-order valence-electron chi connectivity index (χ0n) is 13.8. The number of hydrogen-bond donors (Lipinski definition) is 1. The van der Waals surface area contributed by atoms with E-state index in [9.17, 15) is 21.6 Å². The Morgan fingerprint density at radius 2 is 1.70 bits per heavy atom. The number of nitrogens with zero attached hydrogens (tertiary/aromatic N) is 2. The average molecular weight is 393 g/mol. The Bertz CT molecular complexity index is 1040. The van der Waals surface area contributed by atoms with Crippen molar-refractivity contribution in [3.63, 3.8) is 0 Å². The molecule has 1 N–H and O–H groups in total. The first-order valence-electron chi connectivity index (χ1n) is 7.79. The lowest BCUT2D eigenvalue weighted by Gasteiger charge is -2.14. The number of aromatic nitrogens is 2. The van der Waals surface area contributed by atoms with Crippen molar-refractivity contribution >= 4 is 10.0 Å². The van der Waals surface area contributed by atoms with Crippen LogP contribution in [0.15, 0.2) is 72.0 Å². The fourth-order valence-electron chi connectivity index (χ4n) is 2.53. The fraction of sp³-hybridized carbons (Fsp3) is 0.111. The molecule has 5 nitrogen and oxygen atoms in total. The lowest BCUT2D eigenvalue weighted by Crippen LogP contribution is -2.26. The standard InChI is InChI=1S/C18H14F3N3O2S/c19-18(20,21)15-7-1-2-8-16(15)27(25,26)24-12-14-6-4-10-23-17(14)13-5-3-9-22-11-13/h1-11,24H,12H2. The minimum absolute atomic E-state index is 0.216. The molecule has 3 rings (SSSR count). The van der Waals surface area contributed by atoms with Crippen LogP contribution < -0.4 is 4.72 Å². The molecule has 3 aromatic rings. The van der Waals surface area contributed by atoms with Gasteiger partial charge in [0, 0.05) is 30.7 Å². The van der Waals surface area contributed by atoms with E-state index in [1.165, 1.54) is 6.07 Å². The van der Waals surface area contributed by atoms with Crippen LogP contribution in [0.1, 0.15) is 11.1 Å². The molecule has 2 heterocycles. The van der Waals surface area contributed by atoms with Crippen molar-refractivity contribution < 1.29 is 21.6 Å². The van der Waals surface area contributed by atoms with Crippen molar-refractivity contribution in [2.75, 3.05) is 0 Å². The summed E-state index contributed by atoms with van der Waals surface area (Å²) >= 11 is 0. The molecule has 0 aliphatic heterocycles. The molecule has 0 fully saturated rings. The fourth-order valence-corrected chi connectivity index (χ4v) is 3.76. The summed E-state index contributed by atoms with van der Waals surface area (Å²) in [5, 5.41) is 0. The van der Waals surface area contributed by atoms with E-state index in [1.807, 2.05) is 0 Å². The third-order valence-corrected chi connectivity index (χ3v) is 5.22. The van der Waals surface area contributed by atoms with Crippen LogP contribution in [-0.2, 0) is 22.7 Å². The van der Waals surface area contributed by atoms with Crippen LogP contribution >= 0.6 is 0 Å². The lowest BCUT2D eigenvalue weighted by atomic mass is 10.1. The summed E-state index contributed by atoms with van der Waals surface area (Å²) < 4.78 is 66.5. The predicted molar refractivity (Wildman–Crippen MR) is 92.9 cm³/mol. The second-order valence-corrected chi connectivity index (χ2v) is 7.31. The van der Waals surface area contributed by atoms with Gasteiger partial charge in [-0.05, 0) is 35.9 Å². The molecule has 1 aromatic carbocycles. The number of nitrogens with one attached hydrogen (secondary N) is 1. The van der Waals surface area contributed by atoms with Crippen molar-refractivity contribution in [3.8, 4) is 11.3 Å². The third kappa shape index (κ3) is 4.32. The molecule has 27 heavy (non-hydrogen) atoms. The molecule has 0 bridgehead atoms. The van der Waals surface area contributed by atoms with Gasteiger partial charge in [-0.15, -0.1) is 0 Å². The van der Waals surface area contributed by atoms with Crippen molar-refractivity contribution in [2.45, 2.75) is 17.6 Å². The highest BCUT2D eigenvalue weighted by molar-refractivity contribution is 7.89. The van der Waals surface area contributed by atoms with Gasteiger partial charge in [0.1, 0.15) is 0 Å². The van der Waals surface area contributed by atoms with Crippen LogP contribution in [0.3, 0.4) is 0 Å². The van der Waals surface area contributed by atoms with Crippen LogP contribution in [0.5, 0.6) is 0 Å². The summed E-state index contributed by atoms with van der Waals surface area (Å²) in [4.78, 5) is 7.40. The predicted octanol–water partition coefficient (Wildman–Crippen LogP) is 3.64. The number of hydrogen-bond acceptors (Lipinski definition) is 4. The normalized spacial score (nSPS) is 12.1. The molecule has 0 saturated carbocycles. The Labute approximate surface area is 154 Å². The first kappa shape index (κ1) is 19.0. The van der Waals surface area contributed by atoms with Gasteiger partial charge in [0.2, 0.25) is 10.0 Å². The molecule has 0 saturated heterocycles. The van der Waals surface area contributed by atoms with Gasteiger partial charge in [-0.1, -0.05) is 18.2 Å². The number of rotatable bonds is 5. The van der Waals surface area contributed by atoms with E-state index in [0.717, 1.165) is 18.2 Å². The minimum atomic E-state index is -4.78. The van der Waals surface area contributed by atoms with Crippen molar-refractivity contribution in [1.82, 2.24) is 14.7 Å². The van der Waals surface area contributed by atoms with E-state index in [4.69, 9.17) is 0 Å². The highest BCUT2D eigenvalue weighted by Gasteiger charge is 2.36. The monoisotopic (exact) mass is 393 g/mol. The largest absolute Gasteiger partial charge is 0.417 e. The van der Waals surface area contributed by atoms with E-state index in [2.05, 4.69) is 14.7 Å². The number of halogens is 3. The van der Waals surface area contributed by atoms with Crippen LogP contribution in [0, 0.1) is 0 Å². The summed E-state index contributed by atoms with van der Waals surface area (Å²) in [7, 11) is -4.38. The van der Waals surface area contributed by atoms with Gasteiger partial charge in [-0.25, -0.2) is 13.1 Å². The maximum absolute atomic E-state index is 13.1. The van der Waals surface area contributed by atoms with Crippen molar-refractivity contribution in [2.24, 2.45) is 0 Å². The summed E-state index contributed by atoms with van der Waals surface area (Å²) in [5.74, 6) is 0. The maximum atomic E-state index is 13.1.